The fourth-order valence-corrected chi connectivity index (χ4v) is 2.72. The number of hydrogen-bond acceptors (Lipinski definition) is 3. The Morgan fingerprint density at radius 1 is 1.24 bits per heavy atom. The van der Waals surface area contributed by atoms with Crippen molar-refractivity contribution in [3.63, 3.8) is 0 Å². The number of rotatable bonds is 5. The van der Waals surface area contributed by atoms with E-state index in [1.165, 1.54) is 0 Å². The van der Waals surface area contributed by atoms with Crippen molar-refractivity contribution in [1.29, 1.82) is 0 Å². The zero-order chi connectivity index (χ0) is 15.4. The van der Waals surface area contributed by atoms with Crippen molar-refractivity contribution in [1.82, 2.24) is 5.32 Å². The van der Waals surface area contributed by atoms with E-state index in [0.717, 1.165) is 12.0 Å². The molecule has 0 saturated heterocycles. The Labute approximate surface area is 122 Å². The summed E-state index contributed by atoms with van der Waals surface area (Å²) in [6.07, 6.45) is 1.90. The van der Waals surface area contributed by atoms with Gasteiger partial charge in [-0.3, -0.25) is 14.4 Å². The summed E-state index contributed by atoms with van der Waals surface area (Å²) in [5.41, 5.74) is 6.33. The van der Waals surface area contributed by atoms with Crippen LogP contribution in [-0.4, -0.2) is 22.9 Å². The Morgan fingerprint density at radius 2 is 1.95 bits per heavy atom. The van der Waals surface area contributed by atoms with Crippen molar-refractivity contribution < 1.29 is 19.5 Å². The third-order valence-electron chi connectivity index (χ3n) is 3.85. The smallest absolute Gasteiger partial charge is 0.307 e. The number of aliphatic carboxylic acids is 1. The van der Waals surface area contributed by atoms with Gasteiger partial charge in [0.25, 0.3) is 0 Å². The number of benzene rings is 1. The molecule has 0 spiro atoms. The molecule has 1 aliphatic carbocycles. The van der Waals surface area contributed by atoms with Crippen LogP contribution in [0.3, 0.4) is 0 Å². The molecule has 1 aromatic carbocycles. The molecule has 0 radical (unpaired) electrons. The summed E-state index contributed by atoms with van der Waals surface area (Å²) < 4.78 is 0. The van der Waals surface area contributed by atoms with Crippen LogP contribution in [-0.2, 0) is 16.1 Å². The summed E-state index contributed by atoms with van der Waals surface area (Å²) >= 11 is 0. The molecule has 2 atom stereocenters. The van der Waals surface area contributed by atoms with Crippen LogP contribution in [0.5, 0.6) is 0 Å². The maximum absolute atomic E-state index is 12.1. The highest BCUT2D eigenvalue weighted by molar-refractivity contribution is 5.93. The number of carboxylic acid groups (broad SMARTS) is 1. The first-order valence-electron chi connectivity index (χ1n) is 6.88. The molecule has 2 rings (SSSR count). The quantitative estimate of drug-likeness (QED) is 0.748. The fourth-order valence-electron chi connectivity index (χ4n) is 2.72. The second-order valence-corrected chi connectivity index (χ2v) is 5.26. The first-order valence-corrected chi connectivity index (χ1v) is 6.88. The van der Waals surface area contributed by atoms with Crippen LogP contribution in [0.4, 0.5) is 0 Å². The summed E-state index contributed by atoms with van der Waals surface area (Å²) in [6.45, 7) is 0.253. The molecular formula is C15H18N2O4. The Kier molecular flexibility index (Phi) is 4.57. The van der Waals surface area contributed by atoms with Crippen LogP contribution in [0.1, 0.15) is 35.2 Å². The highest BCUT2D eigenvalue weighted by Gasteiger charge is 2.37. The molecule has 2 amide bonds. The monoisotopic (exact) mass is 290 g/mol. The summed E-state index contributed by atoms with van der Waals surface area (Å²) in [5.74, 6) is -2.75. The van der Waals surface area contributed by atoms with E-state index >= 15 is 0 Å². The van der Waals surface area contributed by atoms with Crippen molar-refractivity contribution >= 4 is 17.8 Å². The van der Waals surface area contributed by atoms with Crippen molar-refractivity contribution in [2.24, 2.45) is 17.6 Å². The van der Waals surface area contributed by atoms with Crippen molar-refractivity contribution in [2.45, 2.75) is 25.8 Å². The van der Waals surface area contributed by atoms with Crippen LogP contribution in [0, 0.1) is 11.8 Å². The highest BCUT2D eigenvalue weighted by Crippen LogP contribution is 2.32. The molecule has 21 heavy (non-hydrogen) atoms. The maximum atomic E-state index is 12.1. The number of nitrogens with one attached hydrogen (secondary N) is 1. The normalized spacial score (nSPS) is 21.0. The molecule has 1 fully saturated rings. The zero-order valence-corrected chi connectivity index (χ0v) is 11.5. The van der Waals surface area contributed by atoms with Gasteiger partial charge in [0.05, 0.1) is 11.8 Å². The van der Waals surface area contributed by atoms with Gasteiger partial charge < -0.3 is 16.2 Å². The number of hydrogen-bond donors (Lipinski definition) is 3. The van der Waals surface area contributed by atoms with E-state index in [4.69, 9.17) is 10.8 Å². The van der Waals surface area contributed by atoms with Gasteiger partial charge in [0.2, 0.25) is 11.8 Å². The predicted octanol–water partition coefficient (Wildman–Crippen LogP) is 0.903. The highest BCUT2D eigenvalue weighted by atomic mass is 16.4. The maximum Gasteiger partial charge on any atom is 0.307 e. The van der Waals surface area contributed by atoms with Gasteiger partial charge in [-0.1, -0.05) is 18.6 Å². The van der Waals surface area contributed by atoms with Gasteiger partial charge in [-0.05, 0) is 30.5 Å². The standard InChI is InChI=1S/C15H18N2O4/c16-13(18)10-4-1-3-9(7-10)8-17-14(19)11-5-2-6-12(11)15(20)21/h1,3-4,7,11-12H,2,5-6,8H2,(H2,16,18)(H,17,19)(H,20,21)/t11-,12+/m1/s1. The van der Waals surface area contributed by atoms with Crippen LogP contribution in [0.15, 0.2) is 24.3 Å². The second-order valence-electron chi connectivity index (χ2n) is 5.26. The van der Waals surface area contributed by atoms with Crippen molar-refractivity contribution in [3.8, 4) is 0 Å². The molecule has 1 aliphatic rings. The van der Waals surface area contributed by atoms with Gasteiger partial charge in [0.15, 0.2) is 0 Å². The van der Waals surface area contributed by atoms with Crippen molar-refractivity contribution in [3.05, 3.63) is 35.4 Å². The van der Waals surface area contributed by atoms with Crippen LogP contribution in [0.2, 0.25) is 0 Å². The Hall–Kier alpha value is -2.37. The number of carbonyl (C=O) groups excluding carboxylic acids is 2. The van der Waals surface area contributed by atoms with E-state index in [9.17, 15) is 14.4 Å². The lowest BCUT2D eigenvalue weighted by atomic mass is 9.95. The second kappa shape index (κ2) is 6.39. The lowest BCUT2D eigenvalue weighted by Crippen LogP contribution is -2.34. The number of carbonyl (C=O) groups is 3. The Balaban J connectivity index is 1.96. The van der Waals surface area contributed by atoms with Gasteiger partial charge in [0.1, 0.15) is 0 Å². The van der Waals surface area contributed by atoms with Gasteiger partial charge in [0, 0.05) is 12.1 Å². The molecule has 0 bridgehead atoms. The molecule has 6 nitrogen and oxygen atoms in total. The summed E-state index contributed by atoms with van der Waals surface area (Å²) in [5, 5.41) is 11.8. The average molecular weight is 290 g/mol. The molecule has 1 aromatic rings. The number of primary amides is 1. The van der Waals surface area contributed by atoms with E-state index in [-0.39, 0.29) is 12.5 Å². The van der Waals surface area contributed by atoms with Crippen LogP contribution >= 0.6 is 0 Å². The first-order chi connectivity index (χ1) is 9.99. The summed E-state index contributed by atoms with van der Waals surface area (Å²) in [4.78, 5) is 34.3. The molecule has 6 heteroatoms. The number of carboxylic acids is 1. The van der Waals surface area contributed by atoms with Crippen molar-refractivity contribution in [2.75, 3.05) is 0 Å². The minimum atomic E-state index is -0.914. The molecule has 0 unspecified atom stereocenters. The lowest BCUT2D eigenvalue weighted by molar-refractivity contribution is -0.146. The molecule has 0 aromatic heterocycles. The minimum Gasteiger partial charge on any atom is -0.481 e. The zero-order valence-electron chi connectivity index (χ0n) is 11.5. The first kappa shape index (κ1) is 15.0. The molecular weight excluding hydrogens is 272 g/mol. The van der Waals surface area contributed by atoms with E-state index in [0.29, 0.717) is 18.4 Å². The van der Waals surface area contributed by atoms with E-state index in [1.807, 2.05) is 0 Å². The predicted molar refractivity (Wildman–Crippen MR) is 75.3 cm³/mol. The third kappa shape index (κ3) is 3.59. The molecule has 0 aliphatic heterocycles. The van der Waals surface area contributed by atoms with Gasteiger partial charge in [-0.2, -0.15) is 0 Å². The summed E-state index contributed by atoms with van der Waals surface area (Å²) in [7, 11) is 0. The SMILES string of the molecule is NC(=O)c1cccc(CNC(=O)[C@@H]2CCC[C@@H]2C(=O)O)c1. The molecule has 1 saturated carbocycles. The molecule has 0 heterocycles. The summed E-state index contributed by atoms with van der Waals surface area (Å²) in [6, 6.07) is 6.68. The van der Waals surface area contributed by atoms with Gasteiger partial charge >= 0.3 is 5.97 Å². The number of nitrogens with two attached hydrogens (primary N) is 1. The fraction of sp³-hybridized carbons (Fsp3) is 0.400. The molecule has 4 N–H and O–H groups in total. The van der Waals surface area contributed by atoms with E-state index in [1.54, 1.807) is 24.3 Å². The Bertz CT molecular complexity index is 571. The van der Waals surface area contributed by atoms with Gasteiger partial charge in [-0.15, -0.1) is 0 Å². The molecule has 112 valence electrons. The van der Waals surface area contributed by atoms with Gasteiger partial charge in [-0.25, -0.2) is 0 Å². The lowest BCUT2D eigenvalue weighted by Gasteiger charge is -2.15. The van der Waals surface area contributed by atoms with Crippen LogP contribution in [0.25, 0.3) is 0 Å². The average Bonchev–Trinajstić information content (AvgIpc) is 2.94. The van der Waals surface area contributed by atoms with Crippen LogP contribution < -0.4 is 11.1 Å². The third-order valence-corrected chi connectivity index (χ3v) is 3.85. The van der Waals surface area contributed by atoms with E-state index < -0.39 is 23.7 Å². The Morgan fingerprint density at radius 3 is 2.62 bits per heavy atom. The minimum absolute atomic E-state index is 0.246. The number of amides is 2. The topological polar surface area (TPSA) is 109 Å². The van der Waals surface area contributed by atoms with E-state index in [2.05, 4.69) is 5.32 Å². The largest absolute Gasteiger partial charge is 0.481 e.